The average Bonchev–Trinajstić information content (AvgIpc) is 1.97. The van der Waals surface area contributed by atoms with E-state index in [-0.39, 0.29) is 0 Å². The second kappa shape index (κ2) is 2.29. The zero-order valence-electron chi connectivity index (χ0n) is 5.13. The van der Waals surface area contributed by atoms with Gasteiger partial charge in [-0.25, -0.2) is 0 Å². The third-order valence-electron chi connectivity index (χ3n) is 0.868. The molecule has 0 saturated carbocycles. The van der Waals surface area contributed by atoms with E-state index in [1.54, 1.807) is 6.08 Å². The molecule has 1 rings (SSSR count). The van der Waals surface area contributed by atoms with Gasteiger partial charge in [0, 0.05) is 11.8 Å². The van der Waals surface area contributed by atoms with Crippen molar-refractivity contribution in [3.05, 3.63) is 18.1 Å². The summed E-state index contributed by atoms with van der Waals surface area (Å²) in [4.78, 5) is 7.62. The van der Waals surface area contributed by atoms with Crippen molar-refractivity contribution in [3.8, 4) is 0 Å². The molecule has 46 valence electrons. The maximum atomic E-state index is 5.30. The predicted octanol–water partition coefficient (Wildman–Crippen LogP) is 0.444. The van der Waals surface area contributed by atoms with Gasteiger partial charge in [-0.1, -0.05) is 0 Å². The van der Waals surface area contributed by atoms with Gasteiger partial charge in [0.05, 0.1) is 6.20 Å². The summed E-state index contributed by atoms with van der Waals surface area (Å²) in [7, 11) is 0. The third kappa shape index (κ3) is 1.55. The van der Waals surface area contributed by atoms with E-state index in [1.165, 1.54) is 6.20 Å². The second-order valence-electron chi connectivity index (χ2n) is 1.71. The maximum absolute atomic E-state index is 5.30. The van der Waals surface area contributed by atoms with Crippen molar-refractivity contribution < 1.29 is 0 Å². The van der Waals surface area contributed by atoms with Gasteiger partial charge >= 0.3 is 0 Å². The van der Waals surface area contributed by atoms with Crippen LogP contribution in [0.15, 0.2) is 28.1 Å². The SMILES string of the molecule is CC1=NC=C(N)N=C=C1. The van der Waals surface area contributed by atoms with Crippen LogP contribution in [0.4, 0.5) is 0 Å². The van der Waals surface area contributed by atoms with Crippen molar-refractivity contribution in [2.24, 2.45) is 15.7 Å². The molecule has 3 nitrogen and oxygen atoms in total. The first kappa shape index (κ1) is 5.79. The van der Waals surface area contributed by atoms with Crippen LogP contribution in [0.1, 0.15) is 6.92 Å². The van der Waals surface area contributed by atoms with Crippen LogP contribution in [0.2, 0.25) is 0 Å². The minimum Gasteiger partial charge on any atom is -0.382 e. The van der Waals surface area contributed by atoms with E-state index in [1.807, 2.05) is 6.92 Å². The Hall–Kier alpha value is -1.34. The number of hydrogen-bond donors (Lipinski definition) is 1. The van der Waals surface area contributed by atoms with Gasteiger partial charge in [0.25, 0.3) is 0 Å². The lowest BCUT2D eigenvalue weighted by atomic mass is 10.4. The maximum Gasteiger partial charge on any atom is 0.151 e. The van der Waals surface area contributed by atoms with E-state index >= 15 is 0 Å². The van der Waals surface area contributed by atoms with Gasteiger partial charge in [-0.3, -0.25) is 4.99 Å². The van der Waals surface area contributed by atoms with Crippen LogP contribution < -0.4 is 5.73 Å². The fourth-order valence-corrected chi connectivity index (χ4v) is 0.434. The van der Waals surface area contributed by atoms with Gasteiger partial charge < -0.3 is 5.73 Å². The van der Waals surface area contributed by atoms with Crippen molar-refractivity contribution in [1.29, 1.82) is 0 Å². The summed E-state index contributed by atoms with van der Waals surface area (Å²) in [6.07, 6.45) is 3.18. The molecule has 0 aromatic rings. The van der Waals surface area contributed by atoms with Crippen molar-refractivity contribution in [3.63, 3.8) is 0 Å². The Bertz CT molecular complexity index is 207. The van der Waals surface area contributed by atoms with Gasteiger partial charge in [0.2, 0.25) is 0 Å². The van der Waals surface area contributed by atoms with Gasteiger partial charge in [-0.15, -0.1) is 0 Å². The van der Waals surface area contributed by atoms with E-state index < -0.39 is 0 Å². The van der Waals surface area contributed by atoms with Gasteiger partial charge in [-0.2, -0.15) is 4.99 Å². The predicted molar refractivity (Wildman–Crippen MR) is 37.4 cm³/mol. The topological polar surface area (TPSA) is 50.7 Å². The number of aliphatic imine (C=N–C) groups is 2. The fraction of sp³-hybridized carbons (Fsp3) is 0.167. The molecule has 0 amide bonds. The first-order chi connectivity index (χ1) is 4.29. The zero-order valence-corrected chi connectivity index (χ0v) is 5.13. The van der Waals surface area contributed by atoms with Gasteiger partial charge in [-0.05, 0) is 12.8 Å². The molecule has 0 aliphatic carbocycles. The molecular formula is C6H7N3. The normalized spacial score (nSPS) is 16.6. The monoisotopic (exact) mass is 121 g/mol. The standard InChI is InChI=1S/C6H7N3/c1-5-2-3-8-6(7)4-9-5/h2,4H,7H2,1H3. The van der Waals surface area contributed by atoms with Crippen LogP contribution in [0.25, 0.3) is 0 Å². The van der Waals surface area contributed by atoms with Crippen molar-refractivity contribution in [1.82, 2.24) is 0 Å². The summed E-state index contributed by atoms with van der Waals surface area (Å²) < 4.78 is 0. The molecule has 0 atom stereocenters. The molecule has 0 fully saturated rings. The lowest BCUT2D eigenvalue weighted by molar-refractivity contribution is 1.23. The largest absolute Gasteiger partial charge is 0.382 e. The summed E-state index contributed by atoms with van der Waals surface area (Å²) >= 11 is 0. The second-order valence-corrected chi connectivity index (χ2v) is 1.71. The molecule has 0 aromatic carbocycles. The van der Waals surface area contributed by atoms with Crippen LogP contribution in [-0.2, 0) is 0 Å². The molecule has 3 heteroatoms. The Morgan fingerprint density at radius 2 is 2.44 bits per heavy atom. The molecule has 0 bridgehead atoms. The third-order valence-corrected chi connectivity index (χ3v) is 0.868. The summed E-state index contributed by atoms with van der Waals surface area (Å²) in [5.41, 5.74) is 6.16. The first-order valence-corrected chi connectivity index (χ1v) is 2.58. The summed E-state index contributed by atoms with van der Waals surface area (Å²) in [6.45, 7) is 1.86. The van der Waals surface area contributed by atoms with Crippen molar-refractivity contribution >= 4 is 11.6 Å². The molecule has 1 heterocycles. The van der Waals surface area contributed by atoms with E-state index in [4.69, 9.17) is 5.73 Å². The highest BCUT2D eigenvalue weighted by Gasteiger charge is 1.85. The number of rotatable bonds is 0. The minimum absolute atomic E-state index is 0.392. The van der Waals surface area contributed by atoms with Crippen LogP contribution in [0.5, 0.6) is 0 Å². The molecular weight excluding hydrogens is 114 g/mol. The lowest BCUT2D eigenvalue weighted by Crippen LogP contribution is -1.90. The van der Waals surface area contributed by atoms with E-state index in [9.17, 15) is 0 Å². The molecule has 0 unspecified atom stereocenters. The molecule has 0 radical (unpaired) electrons. The highest BCUT2D eigenvalue weighted by molar-refractivity contribution is 6.00. The quantitative estimate of drug-likeness (QED) is 0.496. The molecule has 1 aliphatic rings. The van der Waals surface area contributed by atoms with E-state index in [0.29, 0.717) is 5.82 Å². The molecule has 2 N–H and O–H groups in total. The molecule has 0 aromatic heterocycles. The van der Waals surface area contributed by atoms with Gasteiger partial charge in [0.15, 0.2) is 5.82 Å². The van der Waals surface area contributed by atoms with Crippen LogP contribution in [0, 0.1) is 0 Å². The first-order valence-electron chi connectivity index (χ1n) is 2.58. The Morgan fingerprint density at radius 1 is 1.67 bits per heavy atom. The Morgan fingerprint density at radius 3 is 3.22 bits per heavy atom. The molecule has 9 heavy (non-hydrogen) atoms. The summed E-state index contributed by atoms with van der Waals surface area (Å²) in [6, 6.07) is 0. The fourth-order valence-electron chi connectivity index (χ4n) is 0.434. The highest BCUT2D eigenvalue weighted by atomic mass is 14.9. The smallest absolute Gasteiger partial charge is 0.151 e. The number of nitrogens with two attached hydrogens (primary N) is 1. The summed E-state index contributed by atoms with van der Waals surface area (Å²) in [5, 5.41) is 0. The zero-order chi connectivity index (χ0) is 6.69. The van der Waals surface area contributed by atoms with Crippen molar-refractivity contribution in [2.45, 2.75) is 6.92 Å². The molecule has 0 spiro atoms. The van der Waals surface area contributed by atoms with E-state index in [0.717, 1.165) is 5.71 Å². The lowest BCUT2D eigenvalue weighted by Gasteiger charge is -1.81. The number of hydrogen-bond acceptors (Lipinski definition) is 3. The Labute approximate surface area is 53.3 Å². The molecule has 0 saturated heterocycles. The number of allylic oxidation sites excluding steroid dienone is 1. The Balaban J connectivity index is 3.00. The van der Waals surface area contributed by atoms with Crippen LogP contribution >= 0.6 is 0 Å². The minimum atomic E-state index is 0.392. The van der Waals surface area contributed by atoms with Crippen LogP contribution in [0.3, 0.4) is 0 Å². The van der Waals surface area contributed by atoms with E-state index in [2.05, 4.69) is 15.9 Å². The highest BCUT2D eigenvalue weighted by Crippen LogP contribution is 1.90. The van der Waals surface area contributed by atoms with Crippen molar-refractivity contribution in [2.75, 3.05) is 0 Å². The van der Waals surface area contributed by atoms with Gasteiger partial charge in [0.1, 0.15) is 0 Å². The summed E-state index contributed by atoms with van der Waals surface area (Å²) in [5.74, 6) is 3.01. The molecule has 1 aliphatic heterocycles. The number of nitrogens with zero attached hydrogens (tertiary/aromatic N) is 2. The average molecular weight is 121 g/mol. The van der Waals surface area contributed by atoms with Crippen LogP contribution in [-0.4, -0.2) is 11.6 Å². The Kier molecular flexibility index (Phi) is 1.47.